The Labute approximate surface area is 236 Å². The van der Waals surface area contributed by atoms with Crippen molar-refractivity contribution in [3.8, 4) is 5.75 Å². The number of ether oxygens (including phenoxy) is 2. The molecule has 206 valence electrons. The number of nitrogens with one attached hydrogen (secondary N) is 1. The van der Waals surface area contributed by atoms with Gasteiger partial charge in [0.15, 0.2) is 5.13 Å². The van der Waals surface area contributed by atoms with Gasteiger partial charge in [0, 0.05) is 49.8 Å². The molecule has 3 aromatic rings. The van der Waals surface area contributed by atoms with Crippen molar-refractivity contribution in [1.82, 2.24) is 9.88 Å². The molecule has 0 unspecified atom stereocenters. The lowest BCUT2D eigenvalue weighted by Gasteiger charge is -2.32. The van der Waals surface area contributed by atoms with E-state index < -0.39 is 0 Å². The first-order valence-corrected chi connectivity index (χ1v) is 14.2. The number of aromatic nitrogens is 1. The van der Waals surface area contributed by atoms with Crippen LogP contribution in [0.4, 0.5) is 10.8 Å². The smallest absolute Gasteiger partial charge is 0.305 e. The number of hydrogen-bond donors (Lipinski definition) is 1. The normalized spacial score (nSPS) is 13.6. The number of carbonyl (C=O) groups excluding carboxylic acids is 3. The van der Waals surface area contributed by atoms with Gasteiger partial charge in [-0.2, -0.15) is 0 Å². The molecule has 0 bridgehead atoms. The fourth-order valence-electron chi connectivity index (χ4n) is 4.31. The van der Waals surface area contributed by atoms with E-state index in [0.29, 0.717) is 41.5 Å². The molecule has 0 radical (unpaired) electrons. The van der Waals surface area contributed by atoms with Crippen molar-refractivity contribution in [2.45, 2.75) is 28.4 Å². The Bertz CT molecular complexity index is 1320. The zero-order chi connectivity index (χ0) is 27.9. The second kappa shape index (κ2) is 13.0. The van der Waals surface area contributed by atoms with Crippen molar-refractivity contribution in [1.29, 1.82) is 0 Å². The second-order valence-electron chi connectivity index (χ2n) is 9.36. The molecule has 0 saturated carbocycles. The van der Waals surface area contributed by atoms with E-state index in [4.69, 9.17) is 9.47 Å². The van der Waals surface area contributed by atoms with Gasteiger partial charge in [-0.1, -0.05) is 23.1 Å². The lowest BCUT2D eigenvalue weighted by atomic mass is 9.93. The first-order chi connectivity index (χ1) is 18.8. The van der Waals surface area contributed by atoms with E-state index >= 15 is 0 Å². The number of methoxy groups -OCH3 is 2. The Morgan fingerprint density at radius 1 is 1.10 bits per heavy atom. The minimum Gasteiger partial charge on any atom is -0.496 e. The van der Waals surface area contributed by atoms with Gasteiger partial charge in [-0.25, -0.2) is 4.98 Å². The summed E-state index contributed by atoms with van der Waals surface area (Å²) in [7, 11) is 6.84. The van der Waals surface area contributed by atoms with Crippen LogP contribution < -0.4 is 15.0 Å². The molecule has 0 spiro atoms. The minimum atomic E-state index is -0.223. The van der Waals surface area contributed by atoms with Gasteiger partial charge < -0.3 is 19.3 Å². The molecule has 1 aromatic heterocycles. The number of hydrogen-bond acceptors (Lipinski definition) is 9. The van der Waals surface area contributed by atoms with E-state index in [1.807, 2.05) is 48.2 Å². The zero-order valence-electron chi connectivity index (χ0n) is 22.4. The third-order valence-corrected chi connectivity index (χ3v) is 8.56. The fraction of sp³-hybridized carbons (Fsp3) is 0.357. The van der Waals surface area contributed by atoms with Crippen LogP contribution in [0.3, 0.4) is 0 Å². The molecule has 1 saturated heterocycles. The molecule has 1 aliphatic heterocycles. The number of benzene rings is 2. The SMILES string of the molecule is COC(=O)CC1CCN(C(=O)c2cc(Sc3cnc(NC(=O)c4ccc(N(C)C)cc4)s3)ccc2OC)CC1. The number of rotatable bonds is 9. The Balaban J connectivity index is 1.39. The highest BCUT2D eigenvalue weighted by Crippen LogP contribution is 2.36. The Morgan fingerprint density at radius 2 is 1.82 bits per heavy atom. The lowest BCUT2D eigenvalue weighted by molar-refractivity contribution is -0.142. The van der Waals surface area contributed by atoms with Gasteiger partial charge in [0.1, 0.15) is 5.75 Å². The summed E-state index contributed by atoms with van der Waals surface area (Å²) in [5.74, 6) is 0.208. The summed E-state index contributed by atoms with van der Waals surface area (Å²) in [6.45, 7) is 1.16. The molecule has 2 aromatic carbocycles. The summed E-state index contributed by atoms with van der Waals surface area (Å²) in [6, 6.07) is 12.9. The molecular formula is C28H32N4O5S2. The summed E-state index contributed by atoms with van der Waals surface area (Å²) in [5, 5.41) is 3.35. The van der Waals surface area contributed by atoms with E-state index in [9.17, 15) is 14.4 Å². The highest BCUT2D eigenvalue weighted by atomic mass is 32.2. The van der Waals surface area contributed by atoms with E-state index in [1.54, 1.807) is 31.5 Å². The maximum Gasteiger partial charge on any atom is 0.305 e. The molecule has 0 aliphatic carbocycles. The standard InChI is InChI=1S/C28H32N4O5S2/c1-31(2)20-7-5-19(6-8-20)26(34)30-28-29-17-25(39-28)38-21-9-10-23(36-3)22(16-21)27(35)32-13-11-18(12-14-32)15-24(33)37-4/h5-10,16-18H,11-15H2,1-4H3,(H,29,30,34). The van der Waals surface area contributed by atoms with Crippen LogP contribution in [0.1, 0.15) is 40.0 Å². The number of amides is 2. The third kappa shape index (κ3) is 7.30. The van der Waals surface area contributed by atoms with Crippen molar-refractivity contribution in [3.63, 3.8) is 0 Å². The average Bonchev–Trinajstić information content (AvgIpc) is 3.39. The van der Waals surface area contributed by atoms with Crippen LogP contribution in [0.5, 0.6) is 5.75 Å². The van der Waals surface area contributed by atoms with Crippen LogP contribution in [0.2, 0.25) is 0 Å². The van der Waals surface area contributed by atoms with Crippen LogP contribution in [0.15, 0.2) is 57.8 Å². The largest absolute Gasteiger partial charge is 0.496 e. The lowest BCUT2D eigenvalue weighted by Crippen LogP contribution is -2.39. The maximum absolute atomic E-state index is 13.4. The molecule has 0 atom stereocenters. The third-order valence-electron chi connectivity index (χ3n) is 6.56. The molecule has 1 fully saturated rings. The Morgan fingerprint density at radius 3 is 2.46 bits per heavy atom. The summed E-state index contributed by atoms with van der Waals surface area (Å²) >= 11 is 2.83. The highest BCUT2D eigenvalue weighted by Gasteiger charge is 2.27. The predicted molar refractivity (Wildman–Crippen MR) is 153 cm³/mol. The molecule has 2 amide bonds. The van der Waals surface area contributed by atoms with E-state index in [2.05, 4.69) is 10.3 Å². The molecule has 11 heteroatoms. The quantitative estimate of drug-likeness (QED) is 0.359. The van der Waals surface area contributed by atoms with Crippen LogP contribution >= 0.6 is 23.1 Å². The van der Waals surface area contributed by atoms with E-state index in [0.717, 1.165) is 27.6 Å². The van der Waals surface area contributed by atoms with Crippen molar-refractivity contribution >= 4 is 51.7 Å². The fourth-order valence-corrected chi connectivity index (χ4v) is 6.20. The van der Waals surface area contributed by atoms with Crippen LogP contribution in [-0.2, 0) is 9.53 Å². The van der Waals surface area contributed by atoms with Gasteiger partial charge in [0.25, 0.3) is 11.8 Å². The highest BCUT2D eigenvalue weighted by molar-refractivity contribution is 8.01. The van der Waals surface area contributed by atoms with Crippen molar-refractivity contribution in [3.05, 3.63) is 59.8 Å². The summed E-state index contributed by atoms with van der Waals surface area (Å²) in [5.41, 5.74) is 2.06. The van der Waals surface area contributed by atoms with E-state index in [1.165, 1.54) is 30.2 Å². The minimum absolute atomic E-state index is 0.0941. The number of nitrogens with zero attached hydrogens (tertiary/aromatic N) is 3. The Kier molecular flexibility index (Phi) is 9.47. The van der Waals surface area contributed by atoms with Gasteiger partial charge in [-0.05, 0) is 61.2 Å². The number of piperidine rings is 1. The molecule has 9 nitrogen and oxygen atoms in total. The van der Waals surface area contributed by atoms with Gasteiger partial charge >= 0.3 is 5.97 Å². The predicted octanol–water partition coefficient (Wildman–Crippen LogP) is 5.04. The summed E-state index contributed by atoms with van der Waals surface area (Å²) < 4.78 is 11.1. The van der Waals surface area contributed by atoms with Gasteiger partial charge in [-0.15, -0.1) is 0 Å². The average molecular weight is 569 g/mol. The number of likely N-dealkylation sites (tertiary alicyclic amines) is 1. The van der Waals surface area contributed by atoms with Gasteiger partial charge in [-0.3, -0.25) is 19.7 Å². The van der Waals surface area contributed by atoms with Crippen molar-refractivity contribution < 1.29 is 23.9 Å². The van der Waals surface area contributed by atoms with Crippen LogP contribution in [0, 0.1) is 5.92 Å². The molecule has 39 heavy (non-hydrogen) atoms. The maximum atomic E-state index is 13.4. The van der Waals surface area contributed by atoms with Gasteiger partial charge in [0.2, 0.25) is 0 Å². The Hall–Kier alpha value is -3.57. The first-order valence-electron chi connectivity index (χ1n) is 12.5. The van der Waals surface area contributed by atoms with Crippen LogP contribution in [-0.4, -0.2) is 69.1 Å². The van der Waals surface area contributed by atoms with Crippen LogP contribution in [0.25, 0.3) is 0 Å². The molecule has 1 N–H and O–H groups in total. The van der Waals surface area contributed by atoms with Crippen molar-refractivity contribution in [2.75, 3.05) is 51.6 Å². The van der Waals surface area contributed by atoms with Crippen molar-refractivity contribution in [2.24, 2.45) is 5.92 Å². The second-order valence-corrected chi connectivity index (χ2v) is 11.8. The molecule has 1 aliphatic rings. The zero-order valence-corrected chi connectivity index (χ0v) is 24.1. The summed E-state index contributed by atoms with van der Waals surface area (Å²) in [6.07, 6.45) is 3.60. The van der Waals surface area contributed by atoms with E-state index in [-0.39, 0.29) is 23.7 Å². The molecule has 2 heterocycles. The number of esters is 1. The number of carbonyl (C=O) groups is 3. The summed E-state index contributed by atoms with van der Waals surface area (Å²) in [4.78, 5) is 46.6. The van der Waals surface area contributed by atoms with Gasteiger partial charge in [0.05, 0.1) is 30.2 Å². The topological polar surface area (TPSA) is 101 Å². The molecule has 4 rings (SSSR count). The number of anilines is 2. The number of thiazole rings is 1. The molecular weight excluding hydrogens is 536 g/mol. The monoisotopic (exact) mass is 568 g/mol. The first kappa shape index (κ1) is 28.4.